The first-order valence-corrected chi connectivity index (χ1v) is 11.6. The van der Waals surface area contributed by atoms with Gasteiger partial charge in [-0.3, -0.25) is 9.10 Å². The van der Waals surface area contributed by atoms with E-state index in [1.54, 1.807) is 0 Å². The van der Waals surface area contributed by atoms with Gasteiger partial charge in [0.1, 0.15) is 5.82 Å². The summed E-state index contributed by atoms with van der Waals surface area (Å²) in [7, 11) is -3.56. The average molecular weight is 421 g/mol. The van der Waals surface area contributed by atoms with Gasteiger partial charge >= 0.3 is 0 Å². The van der Waals surface area contributed by atoms with E-state index in [-0.39, 0.29) is 29.6 Å². The minimum absolute atomic E-state index is 0.0875. The zero-order chi connectivity index (χ0) is 20.4. The number of unbranched alkanes of at least 4 members (excludes halogenated alkanes) is 1. The Hall–Kier alpha value is -1.34. The van der Waals surface area contributed by atoms with Gasteiger partial charge in [0.2, 0.25) is 15.9 Å². The molecule has 1 N–H and O–H groups in total. The van der Waals surface area contributed by atoms with Gasteiger partial charge in [-0.2, -0.15) is 0 Å². The number of halogens is 2. The molecular formula is C19H30ClFN2O3S. The molecule has 8 heteroatoms. The molecule has 0 aliphatic carbocycles. The Morgan fingerprint density at radius 3 is 2.56 bits per heavy atom. The van der Waals surface area contributed by atoms with Gasteiger partial charge in [0.25, 0.3) is 0 Å². The van der Waals surface area contributed by atoms with Gasteiger partial charge in [-0.25, -0.2) is 12.8 Å². The van der Waals surface area contributed by atoms with Crippen LogP contribution in [0.25, 0.3) is 0 Å². The zero-order valence-electron chi connectivity index (χ0n) is 16.3. The SMILES string of the molecule is CCCC[C@H](CC)CNC(=O)CCCN(c1ccc(F)c(Cl)c1)S(C)(=O)=O. The van der Waals surface area contributed by atoms with E-state index < -0.39 is 15.8 Å². The summed E-state index contributed by atoms with van der Waals surface area (Å²) in [5.41, 5.74) is 0.287. The maximum absolute atomic E-state index is 13.3. The highest BCUT2D eigenvalue weighted by molar-refractivity contribution is 7.92. The first kappa shape index (κ1) is 23.7. The summed E-state index contributed by atoms with van der Waals surface area (Å²) in [4.78, 5) is 12.1. The fourth-order valence-electron chi connectivity index (χ4n) is 2.80. The van der Waals surface area contributed by atoms with Crippen molar-refractivity contribution in [2.75, 3.05) is 23.7 Å². The molecular weight excluding hydrogens is 391 g/mol. The Kier molecular flexibility index (Phi) is 10.1. The van der Waals surface area contributed by atoms with Gasteiger partial charge < -0.3 is 5.32 Å². The highest BCUT2D eigenvalue weighted by Crippen LogP contribution is 2.24. The number of hydrogen-bond acceptors (Lipinski definition) is 3. The minimum Gasteiger partial charge on any atom is -0.356 e. The second kappa shape index (κ2) is 11.5. The number of carbonyl (C=O) groups is 1. The van der Waals surface area contributed by atoms with Crippen LogP contribution in [0.4, 0.5) is 10.1 Å². The number of carbonyl (C=O) groups excluding carboxylic acids is 1. The van der Waals surface area contributed by atoms with Crippen LogP contribution >= 0.6 is 11.6 Å². The molecule has 0 heterocycles. The van der Waals surface area contributed by atoms with E-state index >= 15 is 0 Å². The number of amides is 1. The lowest BCUT2D eigenvalue weighted by Crippen LogP contribution is -2.33. The van der Waals surface area contributed by atoms with Crippen molar-refractivity contribution in [1.82, 2.24) is 5.32 Å². The van der Waals surface area contributed by atoms with Crippen LogP contribution in [0.3, 0.4) is 0 Å². The predicted molar refractivity (Wildman–Crippen MR) is 109 cm³/mol. The lowest BCUT2D eigenvalue weighted by molar-refractivity contribution is -0.121. The molecule has 0 spiro atoms. The van der Waals surface area contributed by atoms with Gasteiger partial charge in [-0.05, 0) is 37.0 Å². The van der Waals surface area contributed by atoms with Gasteiger partial charge in [-0.1, -0.05) is 44.7 Å². The Bertz CT molecular complexity index is 713. The van der Waals surface area contributed by atoms with Gasteiger partial charge in [-0.15, -0.1) is 0 Å². The topological polar surface area (TPSA) is 66.5 Å². The molecule has 0 aliphatic heterocycles. The molecule has 0 aromatic heterocycles. The van der Waals surface area contributed by atoms with Crippen molar-refractivity contribution in [3.8, 4) is 0 Å². The standard InChI is InChI=1S/C19H30ClFN2O3S/c1-4-6-8-15(5-2)14-22-19(24)9-7-12-23(27(3,25)26)16-10-11-18(21)17(20)13-16/h10-11,13,15H,4-9,12,14H2,1-3H3,(H,22,24)/t15-/m0/s1. The zero-order valence-corrected chi connectivity index (χ0v) is 17.9. The first-order valence-electron chi connectivity index (χ1n) is 9.38. The van der Waals surface area contributed by atoms with Crippen LogP contribution in [0.5, 0.6) is 0 Å². The monoisotopic (exact) mass is 420 g/mol. The Balaban J connectivity index is 2.57. The average Bonchev–Trinajstić information content (AvgIpc) is 2.60. The summed E-state index contributed by atoms with van der Waals surface area (Å²) in [6.07, 6.45) is 6.07. The van der Waals surface area contributed by atoms with Crippen LogP contribution in [-0.2, 0) is 14.8 Å². The summed E-state index contributed by atoms with van der Waals surface area (Å²) >= 11 is 5.75. The van der Waals surface area contributed by atoms with Crippen molar-refractivity contribution in [3.05, 3.63) is 29.0 Å². The summed E-state index contributed by atoms with van der Waals surface area (Å²) < 4.78 is 38.6. The second-order valence-corrected chi connectivity index (χ2v) is 9.07. The van der Waals surface area contributed by atoms with E-state index in [1.807, 2.05) is 0 Å². The number of anilines is 1. The minimum atomic E-state index is -3.56. The smallest absolute Gasteiger partial charge is 0.232 e. The molecule has 0 saturated heterocycles. The third-order valence-electron chi connectivity index (χ3n) is 4.49. The van der Waals surface area contributed by atoms with Gasteiger partial charge in [0.05, 0.1) is 17.0 Å². The number of rotatable bonds is 12. The Morgan fingerprint density at radius 1 is 1.30 bits per heavy atom. The molecule has 0 fully saturated rings. The fourth-order valence-corrected chi connectivity index (χ4v) is 3.93. The highest BCUT2D eigenvalue weighted by Gasteiger charge is 2.19. The van der Waals surface area contributed by atoms with Crippen molar-refractivity contribution in [3.63, 3.8) is 0 Å². The van der Waals surface area contributed by atoms with Crippen molar-refractivity contribution in [2.45, 2.75) is 52.4 Å². The summed E-state index contributed by atoms with van der Waals surface area (Å²) in [6.45, 7) is 5.04. The Morgan fingerprint density at radius 2 is 2.00 bits per heavy atom. The molecule has 154 valence electrons. The van der Waals surface area contributed by atoms with Crippen LogP contribution in [0.2, 0.25) is 5.02 Å². The highest BCUT2D eigenvalue weighted by atomic mass is 35.5. The fraction of sp³-hybridized carbons (Fsp3) is 0.632. The van der Waals surface area contributed by atoms with E-state index in [1.165, 1.54) is 12.1 Å². The molecule has 27 heavy (non-hydrogen) atoms. The third-order valence-corrected chi connectivity index (χ3v) is 5.97. The summed E-state index contributed by atoms with van der Waals surface area (Å²) in [5.74, 6) is -0.222. The molecule has 1 atom stereocenters. The van der Waals surface area contributed by atoms with Crippen LogP contribution in [0.15, 0.2) is 18.2 Å². The lowest BCUT2D eigenvalue weighted by atomic mass is 9.99. The number of sulfonamides is 1. The third kappa shape index (κ3) is 8.47. The molecule has 0 saturated carbocycles. The second-order valence-electron chi connectivity index (χ2n) is 6.76. The maximum atomic E-state index is 13.3. The lowest BCUT2D eigenvalue weighted by Gasteiger charge is -2.22. The van der Waals surface area contributed by atoms with E-state index in [0.717, 1.165) is 42.3 Å². The van der Waals surface area contributed by atoms with Crippen LogP contribution in [0, 0.1) is 11.7 Å². The number of benzene rings is 1. The molecule has 0 aliphatic rings. The molecule has 0 bridgehead atoms. The molecule has 0 radical (unpaired) electrons. The Labute approximate surface area is 167 Å². The largest absolute Gasteiger partial charge is 0.356 e. The molecule has 1 amide bonds. The van der Waals surface area contributed by atoms with Crippen LogP contribution < -0.4 is 9.62 Å². The van der Waals surface area contributed by atoms with Crippen molar-refractivity contribution in [2.24, 2.45) is 5.92 Å². The molecule has 1 aromatic rings. The van der Waals surface area contributed by atoms with Gasteiger partial charge in [0.15, 0.2) is 0 Å². The van der Waals surface area contributed by atoms with Crippen molar-refractivity contribution < 1.29 is 17.6 Å². The van der Waals surface area contributed by atoms with Crippen LogP contribution in [0.1, 0.15) is 52.4 Å². The quantitative estimate of drug-likeness (QED) is 0.546. The van der Waals surface area contributed by atoms with E-state index in [2.05, 4.69) is 19.2 Å². The normalized spacial score (nSPS) is 12.6. The maximum Gasteiger partial charge on any atom is 0.232 e. The molecule has 1 aromatic carbocycles. The number of hydrogen-bond donors (Lipinski definition) is 1. The summed E-state index contributed by atoms with van der Waals surface area (Å²) in [5, 5.41) is 2.79. The van der Waals surface area contributed by atoms with Crippen molar-refractivity contribution in [1.29, 1.82) is 0 Å². The first-order chi connectivity index (χ1) is 12.7. The van der Waals surface area contributed by atoms with E-state index in [4.69, 9.17) is 11.6 Å². The van der Waals surface area contributed by atoms with Crippen molar-refractivity contribution >= 4 is 33.2 Å². The molecule has 0 unspecified atom stereocenters. The molecule has 1 rings (SSSR count). The predicted octanol–water partition coefficient (Wildman–Crippen LogP) is 4.36. The number of nitrogens with one attached hydrogen (secondary N) is 1. The van der Waals surface area contributed by atoms with Gasteiger partial charge in [0, 0.05) is 19.5 Å². The summed E-state index contributed by atoms with van der Waals surface area (Å²) in [6, 6.07) is 3.77. The number of nitrogens with zero attached hydrogens (tertiary/aromatic N) is 1. The van der Waals surface area contributed by atoms with E-state index in [0.29, 0.717) is 18.9 Å². The molecule has 5 nitrogen and oxygen atoms in total. The van der Waals surface area contributed by atoms with E-state index in [9.17, 15) is 17.6 Å². The van der Waals surface area contributed by atoms with Crippen LogP contribution in [-0.4, -0.2) is 33.7 Å².